The molecule has 8 nitrogen and oxygen atoms in total. The molecule has 1 aliphatic carbocycles. The first kappa shape index (κ1) is 46.9. The van der Waals surface area contributed by atoms with Crippen molar-refractivity contribution in [1.29, 1.82) is 0 Å². The van der Waals surface area contributed by atoms with E-state index in [2.05, 4.69) is 82.3 Å². The van der Waals surface area contributed by atoms with Crippen molar-refractivity contribution < 1.29 is 26.9 Å². The van der Waals surface area contributed by atoms with Crippen molar-refractivity contribution in [2.75, 3.05) is 55.9 Å². The maximum absolute atomic E-state index is 12.8. The first-order valence-electron chi connectivity index (χ1n) is 22.5. The Balaban J connectivity index is 1.09. The Labute approximate surface area is 397 Å². The van der Waals surface area contributed by atoms with Gasteiger partial charge in [0.25, 0.3) is 0 Å². The summed E-state index contributed by atoms with van der Waals surface area (Å²) in [5.41, 5.74) is 5.16. The Morgan fingerprint density at radius 3 is 1.79 bits per heavy atom. The van der Waals surface area contributed by atoms with Crippen molar-refractivity contribution in [3.8, 4) is 22.5 Å². The minimum Gasteiger partial charge on any atom is -0.744 e. The lowest BCUT2D eigenvalue weighted by molar-refractivity contribution is 0.133. The maximum Gasteiger partial charge on any atom is 0.209 e. The number of fused-ring (bicyclic) bond motifs is 2. The van der Waals surface area contributed by atoms with E-state index in [9.17, 15) is 13.0 Å². The second kappa shape index (κ2) is 23.7. The fourth-order valence-electron chi connectivity index (χ4n) is 8.00. The van der Waals surface area contributed by atoms with Crippen LogP contribution in [0.15, 0.2) is 201 Å². The van der Waals surface area contributed by atoms with Crippen LogP contribution in [0.2, 0.25) is 0 Å². The molecule has 6 aromatic carbocycles. The van der Waals surface area contributed by atoms with Gasteiger partial charge in [-0.15, -0.1) is 23.5 Å². The molecule has 1 heterocycles. The topological polar surface area (TPSA) is 95.0 Å². The van der Waals surface area contributed by atoms with E-state index in [1.807, 2.05) is 108 Å². The molecule has 0 aromatic heterocycles. The summed E-state index contributed by atoms with van der Waals surface area (Å²) in [4.78, 5) is 4.51. The van der Waals surface area contributed by atoms with Crippen LogP contribution in [0.3, 0.4) is 0 Å². The highest BCUT2D eigenvalue weighted by Gasteiger charge is 2.23. The fourth-order valence-corrected chi connectivity index (χ4v) is 10.4. The first-order valence-corrected chi connectivity index (χ1v) is 25.9. The van der Waals surface area contributed by atoms with E-state index < -0.39 is 10.1 Å². The minimum atomic E-state index is -4.82. The zero-order valence-electron chi connectivity index (χ0n) is 36.9. The summed E-state index contributed by atoms with van der Waals surface area (Å²) in [6.45, 7) is 4.02. The van der Waals surface area contributed by atoms with Crippen molar-refractivity contribution in [2.24, 2.45) is 0 Å². The monoisotopic (exact) mass is 934 g/mol. The smallest absolute Gasteiger partial charge is 0.209 e. The third-order valence-electron chi connectivity index (χ3n) is 11.1. The summed E-state index contributed by atoms with van der Waals surface area (Å²) in [7, 11) is -4.82. The molecule has 11 heteroatoms. The largest absolute Gasteiger partial charge is 0.744 e. The number of para-hydroxylation sites is 2. The third kappa shape index (κ3) is 12.6. The van der Waals surface area contributed by atoms with Gasteiger partial charge in [0.2, 0.25) is 11.0 Å². The van der Waals surface area contributed by atoms with Crippen LogP contribution in [0.1, 0.15) is 25.7 Å². The number of thioether (sulfide) groups is 2. The molecule has 0 saturated carbocycles. The molecule has 8 rings (SSSR count). The van der Waals surface area contributed by atoms with Gasteiger partial charge in [-0.25, -0.2) is 8.42 Å². The zero-order valence-corrected chi connectivity index (χ0v) is 39.3. The van der Waals surface area contributed by atoms with Crippen LogP contribution in [-0.2, 0) is 19.6 Å². The second-order valence-electron chi connectivity index (χ2n) is 15.7. The molecule has 0 spiro atoms. The van der Waals surface area contributed by atoms with E-state index >= 15 is 0 Å². The molecular formula is C55H54N2O6S3. The molecule has 6 aromatic rings. The summed E-state index contributed by atoms with van der Waals surface area (Å²) < 4.78 is 59.7. The SMILES string of the molecule is O=S(=O)([O-])c1ccccc1-c1c2ccc(=[N+](CCCOCCCSc3ccccc3)c3ccccc3)cc-2oc2cc(N(CCCOCCCSc3ccccc3)c3ccccc3)ccc12. The summed E-state index contributed by atoms with van der Waals surface area (Å²) in [5.74, 6) is 2.56. The Kier molecular flexibility index (Phi) is 16.8. The molecule has 0 amide bonds. The highest BCUT2D eigenvalue weighted by molar-refractivity contribution is 7.99. The molecule has 0 saturated heterocycles. The lowest BCUT2D eigenvalue weighted by Crippen LogP contribution is -2.27. The van der Waals surface area contributed by atoms with Gasteiger partial charge in [-0.05, 0) is 79.9 Å². The Morgan fingerprint density at radius 2 is 1.14 bits per heavy atom. The van der Waals surface area contributed by atoms with Gasteiger partial charge < -0.3 is 23.3 Å². The standard InChI is InChI=1S/C55H54N2O6S3/c58-66(59,60)54-28-14-13-27-51(54)55-49-31-29-45(56(43-19-5-1-6-20-43)33-15-35-61-37-17-39-64-47-23-9-3-10-24-47)41-52(49)63-53-42-46(30-32-50(53)55)57(44-21-7-2-8-22-44)34-16-36-62-38-18-40-65-48-25-11-4-12-26-48/h1-14,19-32,41-42H,15-18,33-40H2. The van der Waals surface area contributed by atoms with Crippen molar-refractivity contribution in [3.63, 3.8) is 0 Å². The van der Waals surface area contributed by atoms with Gasteiger partial charge in [0.1, 0.15) is 21.5 Å². The number of rotatable bonds is 23. The average Bonchev–Trinajstić information content (AvgIpc) is 3.35. The molecule has 1 aliphatic heterocycles. The van der Waals surface area contributed by atoms with Crippen molar-refractivity contribution in [1.82, 2.24) is 4.58 Å². The van der Waals surface area contributed by atoms with Gasteiger partial charge in [-0.3, -0.25) is 0 Å². The van der Waals surface area contributed by atoms with Crippen molar-refractivity contribution in [3.05, 3.63) is 187 Å². The number of benzene rings is 7. The van der Waals surface area contributed by atoms with E-state index in [4.69, 9.17) is 13.9 Å². The quantitative estimate of drug-likeness (QED) is 0.0204. The van der Waals surface area contributed by atoms with Crippen molar-refractivity contribution in [2.45, 2.75) is 40.4 Å². The Bertz CT molecular complexity index is 2920. The molecule has 0 unspecified atom stereocenters. The maximum atomic E-state index is 12.8. The number of hydrogen-bond acceptors (Lipinski definition) is 9. The molecule has 0 radical (unpaired) electrons. The van der Waals surface area contributed by atoms with E-state index in [1.54, 1.807) is 18.2 Å². The second-order valence-corrected chi connectivity index (χ2v) is 19.4. The van der Waals surface area contributed by atoms with Crippen LogP contribution in [0.25, 0.3) is 33.4 Å². The van der Waals surface area contributed by atoms with Crippen molar-refractivity contribution >= 4 is 61.7 Å². The van der Waals surface area contributed by atoms with E-state index in [0.717, 1.165) is 59.6 Å². The predicted molar refractivity (Wildman–Crippen MR) is 270 cm³/mol. The Hall–Kier alpha value is -5.66. The predicted octanol–water partition coefficient (Wildman–Crippen LogP) is 12.5. The lowest BCUT2D eigenvalue weighted by atomic mass is 9.93. The molecule has 338 valence electrons. The highest BCUT2D eigenvalue weighted by atomic mass is 32.2. The number of hydrogen-bond donors (Lipinski definition) is 0. The molecule has 0 bridgehead atoms. The van der Waals surface area contributed by atoms with Crippen LogP contribution in [-0.4, -0.2) is 64.0 Å². The molecule has 2 aliphatic rings. The lowest BCUT2D eigenvalue weighted by Gasteiger charge is -2.26. The summed E-state index contributed by atoms with van der Waals surface area (Å²) >= 11 is 3.69. The molecular weight excluding hydrogens is 881 g/mol. The minimum absolute atomic E-state index is 0.277. The number of ether oxygens (including phenoxy) is 2. The van der Waals surface area contributed by atoms with E-state index in [0.29, 0.717) is 72.9 Å². The van der Waals surface area contributed by atoms with Gasteiger partial charge in [0.15, 0.2) is 6.54 Å². The van der Waals surface area contributed by atoms with Crippen LogP contribution in [0.4, 0.5) is 17.1 Å². The fraction of sp³-hybridized carbons (Fsp3) is 0.218. The Morgan fingerprint density at radius 1 is 0.561 bits per heavy atom. The van der Waals surface area contributed by atoms with Crippen LogP contribution in [0.5, 0.6) is 0 Å². The normalized spacial score (nSPS) is 12.1. The van der Waals surface area contributed by atoms with Gasteiger partial charge in [-0.2, -0.15) is 4.58 Å². The van der Waals surface area contributed by atoms with Crippen LogP contribution >= 0.6 is 23.5 Å². The number of nitrogens with zero attached hydrogens (tertiary/aromatic N) is 2. The molecule has 66 heavy (non-hydrogen) atoms. The number of anilines is 2. The van der Waals surface area contributed by atoms with Gasteiger partial charge in [0, 0.05) is 112 Å². The molecule has 0 atom stereocenters. The van der Waals surface area contributed by atoms with Gasteiger partial charge in [0.05, 0.1) is 17.6 Å². The first-order chi connectivity index (χ1) is 32.4. The van der Waals surface area contributed by atoms with Gasteiger partial charge >= 0.3 is 0 Å². The molecule has 0 fully saturated rings. The highest BCUT2D eigenvalue weighted by Crippen LogP contribution is 2.43. The third-order valence-corrected chi connectivity index (χ3v) is 14.2. The summed E-state index contributed by atoms with van der Waals surface area (Å²) in [6, 6.07) is 59.8. The van der Waals surface area contributed by atoms with Crippen LogP contribution in [0, 0.1) is 0 Å². The van der Waals surface area contributed by atoms with E-state index in [1.165, 1.54) is 15.9 Å². The average molecular weight is 935 g/mol. The van der Waals surface area contributed by atoms with Gasteiger partial charge in [-0.1, -0.05) is 91.0 Å². The summed E-state index contributed by atoms with van der Waals surface area (Å²) in [6.07, 6.45) is 3.53. The van der Waals surface area contributed by atoms with E-state index in [-0.39, 0.29) is 4.90 Å². The summed E-state index contributed by atoms with van der Waals surface area (Å²) in [5, 5.41) is 1.60. The zero-order chi connectivity index (χ0) is 45.4. The molecule has 0 N–H and O–H groups in total. The van der Waals surface area contributed by atoms with Crippen LogP contribution < -0.4 is 14.8 Å².